The zero-order valence-corrected chi connectivity index (χ0v) is 12.3. The summed E-state index contributed by atoms with van der Waals surface area (Å²) in [4.78, 5) is 12.0. The molecule has 0 aliphatic heterocycles. The Kier molecular flexibility index (Phi) is 5.51. The van der Waals surface area contributed by atoms with Crippen molar-refractivity contribution in [2.24, 2.45) is 11.7 Å². The maximum absolute atomic E-state index is 12.0. The van der Waals surface area contributed by atoms with Crippen LogP contribution in [0.25, 0.3) is 0 Å². The monoisotopic (exact) mass is 286 g/mol. The summed E-state index contributed by atoms with van der Waals surface area (Å²) >= 11 is 0. The summed E-state index contributed by atoms with van der Waals surface area (Å²) in [5.41, 5.74) is 7.46. The second-order valence-electron chi connectivity index (χ2n) is 5.29. The van der Waals surface area contributed by atoms with Gasteiger partial charge in [0.05, 0.1) is 6.54 Å². The molecule has 0 fully saturated rings. The molecule has 0 radical (unpaired) electrons. The number of para-hydroxylation sites is 1. The minimum absolute atomic E-state index is 0.0308. The number of carbonyl (C=O) groups is 1. The summed E-state index contributed by atoms with van der Waals surface area (Å²) in [6.07, 6.45) is 4.95. The van der Waals surface area contributed by atoms with Crippen LogP contribution in [-0.2, 0) is 11.3 Å². The van der Waals surface area contributed by atoms with E-state index in [4.69, 9.17) is 5.73 Å². The standard InChI is InChI=1S/C16H22N4O/c1-13(11-17)7-8-16(21)19-15-6-3-2-5-14(15)12-20-10-4-9-18-20/h2-6,9-10,13H,7-8,11-12,17H2,1H3,(H,19,21). The largest absolute Gasteiger partial charge is 0.330 e. The van der Waals surface area contributed by atoms with Crippen molar-refractivity contribution < 1.29 is 4.79 Å². The quantitative estimate of drug-likeness (QED) is 0.820. The Balaban J connectivity index is 1.98. The number of anilines is 1. The van der Waals surface area contributed by atoms with Gasteiger partial charge in [0.1, 0.15) is 0 Å². The van der Waals surface area contributed by atoms with Crippen molar-refractivity contribution in [3.8, 4) is 0 Å². The van der Waals surface area contributed by atoms with Crippen molar-refractivity contribution in [1.29, 1.82) is 0 Å². The number of nitrogens with zero attached hydrogens (tertiary/aromatic N) is 2. The van der Waals surface area contributed by atoms with Crippen LogP contribution in [0, 0.1) is 5.92 Å². The van der Waals surface area contributed by atoms with Gasteiger partial charge in [-0.1, -0.05) is 25.1 Å². The van der Waals surface area contributed by atoms with Gasteiger partial charge in [-0.15, -0.1) is 0 Å². The Bertz CT molecular complexity index is 565. The number of amides is 1. The lowest BCUT2D eigenvalue weighted by Gasteiger charge is -2.12. The zero-order chi connectivity index (χ0) is 15.1. The molecule has 0 aliphatic rings. The lowest BCUT2D eigenvalue weighted by atomic mass is 10.1. The number of aromatic nitrogens is 2. The van der Waals surface area contributed by atoms with E-state index in [1.165, 1.54) is 0 Å². The molecule has 1 unspecified atom stereocenters. The molecular formula is C16H22N4O. The van der Waals surface area contributed by atoms with Crippen LogP contribution in [0.5, 0.6) is 0 Å². The highest BCUT2D eigenvalue weighted by Gasteiger charge is 2.09. The van der Waals surface area contributed by atoms with E-state index in [0.717, 1.165) is 17.7 Å². The minimum Gasteiger partial charge on any atom is -0.330 e. The van der Waals surface area contributed by atoms with Gasteiger partial charge in [-0.05, 0) is 36.6 Å². The van der Waals surface area contributed by atoms with Crippen LogP contribution in [-0.4, -0.2) is 22.2 Å². The molecule has 0 saturated carbocycles. The highest BCUT2D eigenvalue weighted by atomic mass is 16.1. The first kappa shape index (κ1) is 15.3. The molecular weight excluding hydrogens is 264 g/mol. The van der Waals surface area contributed by atoms with Crippen molar-refractivity contribution >= 4 is 11.6 Å². The molecule has 5 nitrogen and oxygen atoms in total. The number of carbonyl (C=O) groups excluding carboxylic acids is 1. The molecule has 112 valence electrons. The van der Waals surface area contributed by atoms with Crippen LogP contribution in [0.4, 0.5) is 5.69 Å². The Hall–Kier alpha value is -2.14. The summed E-state index contributed by atoms with van der Waals surface area (Å²) in [6.45, 7) is 3.31. The highest BCUT2D eigenvalue weighted by molar-refractivity contribution is 5.91. The molecule has 1 amide bonds. The zero-order valence-electron chi connectivity index (χ0n) is 12.3. The fraction of sp³-hybridized carbons (Fsp3) is 0.375. The third-order valence-corrected chi connectivity index (χ3v) is 3.45. The topological polar surface area (TPSA) is 72.9 Å². The van der Waals surface area contributed by atoms with Crippen LogP contribution < -0.4 is 11.1 Å². The third kappa shape index (κ3) is 4.72. The maximum atomic E-state index is 12.0. The van der Waals surface area contributed by atoms with Gasteiger partial charge in [-0.3, -0.25) is 9.48 Å². The third-order valence-electron chi connectivity index (χ3n) is 3.45. The lowest BCUT2D eigenvalue weighted by molar-refractivity contribution is -0.116. The van der Waals surface area contributed by atoms with E-state index in [1.54, 1.807) is 6.20 Å². The average Bonchev–Trinajstić information content (AvgIpc) is 3.00. The number of nitrogens with two attached hydrogens (primary N) is 1. The van der Waals surface area contributed by atoms with Crippen LogP contribution in [0.3, 0.4) is 0 Å². The molecule has 2 aromatic rings. The molecule has 1 heterocycles. The molecule has 1 atom stereocenters. The Morgan fingerprint density at radius 2 is 2.19 bits per heavy atom. The molecule has 0 saturated heterocycles. The number of rotatable bonds is 7. The summed E-state index contributed by atoms with van der Waals surface area (Å²) in [5, 5.41) is 7.17. The molecule has 0 spiro atoms. The van der Waals surface area contributed by atoms with Gasteiger partial charge >= 0.3 is 0 Å². The molecule has 3 N–H and O–H groups in total. The normalized spacial score (nSPS) is 12.1. The lowest BCUT2D eigenvalue weighted by Crippen LogP contribution is -2.17. The first-order valence-electron chi connectivity index (χ1n) is 7.24. The van der Waals surface area contributed by atoms with Crippen LogP contribution in [0.2, 0.25) is 0 Å². The molecule has 0 aliphatic carbocycles. The van der Waals surface area contributed by atoms with Gasteiger partial charge < -0.3 is 11.1 Å². The second-order valence-corrected chi connectivity index (χ2v) is 5.29. The van der Waals surface area contributed by atoms with E-state index in [-0.39, 0.29) is 5.91 Å². The fourth-order valence-electron chi connectivity index (χ4n) is 2.06. The predicted octanol–water partition coefficient (Wildman–Crippen LogP) is 2.24. The summed E-state index contributed by atoms with van der Waals surface area (Å²) < 4.78 is 1.83. The Morgan fingerprint density at radius 3 is 2.90 bits per heavy atom. The average molecular weight is 286 g/mol. The molecule has 1 aromatic carbocycles. The summed E-state index contributed by atoms with van der Waals surface area (Å²) in [6, 6.07) is 9.69. The Labute approximate surface area is 125 Å². The maximum Gasteiger partial charge on any atom is 0.224 e. The number of hydrogen-bond acceptors (Lipinski definition) is 3. The van der Waals surface area contributed by atoms with Crippen molar-refractivity contribution in [2.75, 3.05) is 11.9 Å². The molecule has 2 rings (SSSR count). The molecule has 5 heteroatoms. The molecule has 1 aromatic heterocycles. The highest BCUT2D eigenvalue weighted by Crippen LogP contribution is 2.17. The first-order chi connectivity index (χ1) is 10.2. The van der Waals surface area contributed by atoms with E-state index < -0.39 is 0 Å². The first-order valence-corrected chi connectivity index (χ1v) is 7.24. The van der Waals surface area contributed by atoms with E-state index in [1.807, 2.05) is 41.2 Å². The SMILES string of the molecule is CC(CN)CCC(=O)Nc1ccccc1Cn1cccn1. The van der Waals surface area contributed by atoms with Crippen LogP contribution in [0.15, 0.2) is 42.7 Å². The minimum atomic E-state index is 0.0308. The number of nitrogens with one attached hydrogen (secondary N) is 1. The van der Waals surface area contributed by atoms with Gasteiger partial charge in [0.2, 0.25) is 5.91 Å². The number of hydrogen-bond donors (Lipinski definition) is 2. The Morgan fingerprint density at radius 1 is 1.38 bits per heavy atom. The van der Waals surface area contributed by atoms with Crippen molar-refractivity contribution in [3.63, 3.8) is 0 Å². The van der Waals surface area contributed by atoms with Gasteiger partial charge in [-0.25, -0.2) is 0 Å². The van der Waals surface area contributed by atoms with E-state index in [9.17, 15) is 4.79 Å². The van der Waals surface area contributed by atoms with Gasteiger partial charge in [0.25, 0.3) is 0 Å². The second kappa shape index (κ2) is 7.59. The van der Waals surface area contributed by atoms with E-state index in [0.29, 0.717) is 25.4 Å². The fourth-order valence-corrected chi connectivity index (χ4v) is 2.06. The van der Waals surface area contributed by atoms with E-state index >= 15 is 0 Å². The van der Waals surface area contributed by atoms with E-state index in [2.05, 4.69) is 17.3 Å². The predicted molar refractivity (Wildman–Crippen MR) is 83.9 cm³/mol. The van der Waals surface area contributed by atoms with Gasteiger partial charge in [0, 0.05) is 24.5 Å². The van der Waals surface area contributed by atoms with Crippen molar-refractivity contribution in [2.45, 2.75) is 26.3 Å². The van der Waals surface area contributed by atoms with Crippen molar-refractivity contribution in [1.82, 2.24) is 9.78 Å². The van der Waals surface area contributed by atoms with Crippen LogP contribution >= 0.6 is 0 Å². The van der Waals surface area contributed by atoms with Crippen LogP contribution in [0.1, 0.15) is 25.3 Å². The summed E-state index contributed by atoms with van der Waals surface area (Å²) in [7, 11) is 0. The summed E-state index contributed by atoms with van der Waals surface area (Å²) in [5.74, 6) is 0.401. The number of benzene rings is 1. The van der Waals surface area contributed by atoms with Crippen molar-refractivity contribution in [3.05, 3.63) is 48.3 Å². The smallest absolute Gasteiger partial charge is 0.224 e. The van der Waals surface area contributed by atoms with Gasteiger partial charge in [-0.2, -0.15) is 5.10 Å². The van der Waals surface area contributed by atoms with Gasteiger partial charge in [0.15, 0.2) is 0 Å². The molecule has 0 bridgehead atoms. The molecule has 21 heavy (non-hydrogen) atoms.